The van der Waals surface area contributed by atoms with Gasteiger partial charge in [0.2, 0.25) is 0 Å². The number of rotatable bonds is 1. The first-order chi connectivity index (χ1) is 4.30. The highest BCUT2D eigenvalue weighted by atomic mass is 31.2. The van der Waals surface area contributed by atoms with Crippen molar-refractivity contribution in [3.05, 3.63) is 0 Å². The Bertz CT molecular complexity index is 176. The first kappa shape index (κ1) is 7.37. The summed E-state index contributed by atoms with van der Waals surface area (Å²) in [5.41, 5.74) is 0. The molecule has 0 aliphatic heterocycles. The molecule has 4 nitrogen and oxygen atoms in total. The Morgan fingerprint density at radius 2 is 2.44 bits per heavy atom. The van der Waals surface area contributed by atoms with Gasteiger partial charge in [0.05, 0.1) is 0 Å². The Labute approximate surface area is 58.1 Å². The summed E-state index contributed by atoms with van der Waals surface area (Å²) in [7, 11) is 5.36. The van der Waals surface area contributed by atoms with E-state index in [4.69, 9.17) is 0 Å². The van der Waals surface area contributed by atoms with Crippen molar-refractivity contribution in [1.82, 2.24) is 13.5 Å². The van der Waals surface area contributed by atoms with E-state index in [1.807, 2.05) is 14.1 Å². The molecule has 0 bridgehead atoms. The van der Waals surface area contributed by atoms with Crippen LogP contribution in [-0.2, 0) is 0 Å². The first-order valence-corrected chi connectivity index (χ1v) is 5.54. The van der Waals surface area contributed by atoms with Crippen LogP contribution in [0.5, 0.6) is 0 Å². The fourth-order valence-electron chi connectivity index (χ4n) is 0.367. The van der Waals surface area contributed by atoms with Gasteiger partial charge in [-0.05, 0) is 14.1 Å². The van der Waals surface area contributed by atoms with Gasteiger partial charge in [-0.25, -0.2) is 4.67 Å². The van der Waals surface area contributed by atoms with Crippen molar-refractivity contribution in [2.45, 2.75) is 0 Å². The van der Waals surface area contributed by atoms with Crippen LogP contribution in [0.2, 0.25) is 0 Å². The maximum Gasteiger partial charge on any atom is 0.140 e. The number of hydrogen-bond acceptors (Lipinski definition) is 2. The lowest BCUT2D eigenvalue weighted by molar-refractivity contribution is 1.24. The van der Waals surface area contributed by atoms with E-state index in [9.17, 15) is 0 Å². The summed E-state index contributed by atoms with van der Waals surface area (Å²) in [6, 6.07) is 0. The predicted molar refractivity (Wildman–Crippen MR) is 45.4 cm³/mol. The van der Waals surface area contributed by atoms with Gasteiger partial charge in [-0.1, -0.05) is 0 Å². The van der Waals surface area contributed by atoms with Crippen LogP contribution in [0.15, 0.2) is 0 Å². The molecular formula is C2H9N4P3. The van der Waals surface area contributed by atoms with Crippen molar-refractivity contribution in [2.24, 2.45) is 0 Å². The zero-order valence-corrected chi connectivity index (χ0v) is 8.08. The van der Waals surface area contributed by atoms with Gasteiger partial charge in [0.15, 0.2) is 0 Å². The number of aromatic amines is 2. The molecule has 1 aromatic heterocycles. The molecule has 7 heteroatoms. The lowest BCUT2D eigenvalue weighted by Crippen LogP contribution is -2.04. The monoisotopic (exact) mass is 182 g/mol. The molecule has 9 heavy (non-hydrogen) atoms. The lowest BCUT2D eigenvalue weighted by atomic mass is 11.3. The normalized spacial score (nSPS) is 13.9. The van der Waals surface area contributed by atoms with Gasteiger partial charge < -0.3 is 4.51 Å². The molecule has 0 amide bonds. The zero-order valence-electron chi connectivity index (χ0n) is 5.29. The van der Waals surface area contributed by atoms with Gasteiger partial charge in [-0.2, -0.15) is 4.51 Å². The minimum atomic E-state index is -0.385. The van der Waals surface area contributed by atoms with Crippen LogP contribution in [0.4, 0.5) is 0 Å². The number of aromatic nitrogens is 3. The highest BCUT2D eigenvalue weighted by Gasteiger charge is 1.90. The number of nitrogens with zero attached hydrogens (tertiary/aromatic N) is 2. The highest BCUT2D eigenvalue weighted by Crippen LogP contribution is 2.20. The second-order valence-electron chi connectivity index (χ2n) is 1.67. The SMILES string of the molecule is CN(C)p1np[nH][pH][nH]1. The van der Waals surface area contributed by atoms with Gasteiger partial charge in [-0.3, -0.25) is 4.51 Å². The molecule has 2 atom stereocenters. The van der Waals surface area contributed by atoms with E-state index in [2.05, 4.69) is 18.2 Å². The third kappa shape index (κ3) is 2.15. The number of nitrogens with one attached hydrogen (secondary N) is 2. The molecule has 0 fully saturated rings. The topological polar surface area (TPSA) is 47.7 Å². The molecule has 1 rings (SSSR count). The molecule has 0 aliphatic rings. The van der Waals surface area contributed by atoms with Crippen molar-refractivity contribution in [3.8, 4) is 0 Å². The van der Waals surface area contributed by atoms with Crippen LogP contribution in [0.3, 0.4) is 0 Å². The van der Waals surface area contributed by atoms with Crippen LogP contribution in [-0.4, -0.2) is 27.6 Å². The van der Waals surface area contributed by atoms with E-state index < -0.39 is 0 Å². The van der Waals surface area contributed by atoms with E-state index in [-0.39, 0.29) is 8.00 Å². The van der Waals surface area contributed by atoms with Gasteiger partial charge >= 0.3 is 0 Å². The third-order valence-corrected chi connectivity index (χ3v) is 4.66. The molecular weight excluding hydrogens is 173 g/mol. The Kier molecular flexibility index (Phi) is 2.81. The van der Waals surface area contributed by atoms with Crippen molar-refractivity contribution in [3.63, 3.8) is 0 Å². The third-order valence-electron chi connectivity index (χ3n) is 0.770. The van der Waals surface area contributed by atoms with Crippen molar-refractivity contribution in [2.75, 3.05) is 18.8 Å². The first-order valence-electron chi connectivity index (χ1n) is 2.44. The van der Waals surface area contributed by atoms with Crippen molar-refractivity contribution in [1.29, 1.82) is 0 Å². The highest BCUT2D eigenvalue weighted by molar-refractivity contribution is 7.54. The Morgan fingerprint density at radius 1 is 1.67 bits per heavy atom. The average molecular weight is 182 g/mol. The standard InChI is InChI=1S/C2H9N4P3/c1-6(2)9-4-7-3-8-5-9/h4,7H,1-2H3,(H,3,5). The fourth-order valence-corrected chi connectivity index (χ4v) is 4.56. The smallest absolute Gasteiger partial charge is 0.140 e. The molecule has 2 N–H and O–H groups in total. The molecule has 0 aromatic carbocycles. The van der Waals surface area contributed by atoms with Crippen LogP contribution in [0, 0.1) is 0 Å². The van der Waals surface area contributed by atoms with Crippen LogP contribution < -0.4 is 4.67 Å². The van der Waals surface area contributed by atoms with Crippen molar-refractivity contribution < 1.29 is 0 Å². The molecule has 0 spiro atoms. The average Bonchev–Trinajstić information content (AvgIpc) is 1.90. The van der Waals surface area contributed by atoms with E-state index in [1.165, 1.54) is 0 Å². The van der Waals surface area contributed by atoms with E-state index in [0.717, 1.165) is 8.51 Å². The maximum absolute atomic E-state index is 4.28. The minimum absolute atomic E-state index is 0.385. The summed E-state index contributed by atoms with van der Waals surface area (Å²) in [5.74, 6) is 0. The quantitative estimate of drug-likeness (QED) is 0.693. The van der Waals surface area contributed by atoms with E-state index in [1.54, 1.807) is 0 Å². The van der Waals surface area contributed by atoms with Gasteiger partial charge in [0.25, 0.3) is 0 Å². The van der Waals surface area contributed by atoms with Gasteiger partial charge in [-0.15, -0.1) is 0 Å². The van der Waals surface area contributed by atoms with Gasteiger partial charge in [0, 0.05) is 8.51 Å². The number of H-pyrrole nitrogens is 2. The van der Waals surface area contributed by atoms with Crippen LogP contribution in [0.1, 0.15) is 0 Å². The Morgan fingerprint density at radius 3 is 2.78 bits per heavy atom. The molecule has 0 radical (unpaired) electrons. The summed E-state index contributed by atoms with van der Waals surface area (Å²) in [6.07, 6.45) is 0. The summed E-state index contributed by atoms with van der Waals surface area (Å²) >= 11 is 0. The predicted octanol–water partition coefficient (Wildman–Crippen LogP) is 1.66. The van der Waals surface area contributed by atoms with Gasteiger partial charge in [0.1, 0.15) is 16.5 Å². The number of hydrogen-bond donors (Lipinski definition) is 2. The summed E-state index contributed by atoms with van der Waals surface area (Å²) in [6.45, 7) is 0. The second kappa shape index (κ2) is 3.43. The largest absolute Gasteiger partial charge is 0.302 e. The molecule has 1 aromatic rings. The summed E-state index contributed by atoms with van der Waals surface area (Å²) in [4.78, 5) is 0. The fraction of sp³-hybridized carbons (Fsp3) is 1.00. The van der Waals surface area contributed by atoms with Crippen LogP contribution >= 0.6 is 25.0 Å². The lowest BCUT2D eigenvalue weighted by Gasteiger charge is -2.05. The minimum Gasteiger partial charge on any atom is -0.302 e. The Balaban J connectivity index is 2.85. The molecule has 2 unspecified atom stereocenters. The molecule has 1 heterocycles. The zero-order chi connectivity index (χ0) is 6.69. The summed E-state index contributed by atoms with van der Waals surface area (Å²) < 4.78 is 12.7. The summed E-state index contributed by atoms with van der Waals surface area (Å²) in [5, 5.41) is 0. The molecule has 0 aliphatic carbocycles. The molecule has 0 saturated heterocycles. The van der Waals surface area contributed by atoms with Crippen LogP contribution in [0.25, 0.3) is 0 Å². The van der Waals surface area contributed by atoms with Crippen molar-refractivity contribution >= 4 is 25.0 Å². The van der Waals surface area contributed by atoms with E-state index >= 15 is 0 Å². The second-order valence-corrected chi connectivity index (χ2v) is 6.01. The van der Waals surface area contributed by atoms with E-state index in [0.29, 0.717) is 8.51 Å². The maximum atomic E-state index is 4.28. The molecule has 0 saturated carbocycles. The Hall–Kier alpha value is 0.260. The molecule has 52 valence electrons.